The van der Waals surface area contributed by atoms with E-state index in [2.05, 4.69) is 0 Å². The fourth-order valence-electron chi connectivity index (χ4n) is 4.60. The van der Waals surface area contributed by atoms with Crippen LogP contribution >= 0.6 is 0 Å². The Morgan fingerprint density at radius 1 is 1.06 bits per heavy atom. The number of halogens is 4. The molecule has 8 heteroatoms. The van der Waals surface area contributed by atoms with Crippen molar-refractivity contribution in [1.82, 2.24) is 4.57 Å². The maximum atomic E-state index is 14.3. The SMILES string of the molecule is C[C@@H](c1ccc(C(F)(F)F)cc1)n1c2c(c3c1=C(S(C)(=O)=O)C=C(F)CC=3)CCCC2. The number of hydrogen-bond donors (Lipinski definition) is 0. The van der Waals surface area contributed by atoms with Crippen molar-refractivity contribution < 1.29 is 26.0 Å². The number of allylic oxidation sites excluding steroid dienone is 1. The molecule has 0 unspecified atom stereocenters. The van der Waals surface area contributed by atoms with Gasteiger partial charge in [-0.25, -0.2) is 12.8 Å². The van der Waals surface area contributed by atoms with Gasteiger partial charge in [-0.1, -0.05) is 18.2 Å². The Bertz CT molecular complexity index is 1280. The maximum absolute atomic E-state index is 14.3. The van der Waals surface area contributed by atoms with Crippen LogP contribution in [-0.4, -0.2) is 19.2 Å². The van der Waals surface area contributed by atoms with Crippen molar-refractivity contribution >= 4 is 20.8 Å². The molecule has 2 aromatic rings. The first-order chi connectivity index (χ1) is 14.5. The van der Waals surface area contributed by atoms with Gasteiger partial charge in [-0.3, -0.25) is 0 Å². The van der Waals surface area contributed by atoms with Crippen LogP contribution < -0.4 is 10.6 Å². The number of aromatic nitrogens is 1. The first-order valence-corrected chi connectivity index (χ1v) is 12.1. The Hall–Kier alpha value is -2.35. The second-order valence-electron chi connectivity index (χ2n) is 8.20. The van der Waals surface area contributed by atoms with E-state index in [0.717, 1.165) is 66.6 Å². The van der Waals surface area contributed by atoms with Gasteiger partial charge >= 0.3 is 6.18 Å². The fourth-order valence-corrected chi connectivity index (χ4v) is 5.50. The molecule has 0 saturated heterocycles. The highest BCUT2D eigenvalue weighted by Crippen LogP contribution is 2.31. The van der Waals surface area contributed by atoms with E-state index in [1.54, 1.807) is 6.08 Å². The van der Waals surface area contributed by atoms with Crippen molar-refractivity contribution in [2.75, 3.05) is 6.26 Å². The van der Waals surface area contributed by atoms with E-state index in [1.165, 1.54) is 12.1 Å². The van der Waals surface area contributed by atoms with E-state index >= 15 is 0 Å². The molecule has 0 amide bonds. The first kappa shape index (κ1) is 21.9. The van der Waals surface area contributed by atoms with E-state index < -0.39 is 33.4 Å². The van der Waals surface area contributed by atoms with Gasteiger partial charge in [0.1, 0.15) is 5.83 Å². The molecule has 1 heterocycles. The summed E-state index contributed by atoms with van der Waals surface area (Å²) in [6.45, 7) is 1.84. The van der Waals surface area contributed by atoms with Crippen LogP contribution in [0, 0.1) is 0 Å². The van der Waals surface area contributed by atoms with Crippen LogP contribution in [0.2, 0.25) is 0 Å². The summed E-state index contributed by atoms with van der Waals surface area (Å²) in [5.74, 6) is -0.532. The van der Waals surface area contributed by atoms with Gasteiger partial charge in [-0.05, 0) is 61.9 Å². The number of nitrogens with zero attached hydrogens (tertiary/aromatic N) is 1. The third-order valence-electron chi connectivity index (χ3n) is 6.08. The van der Waals surface area contributed by atoms with Crippen molar-refractivity contribution in [2.24, 2.45) is 0 Å². The topological polar surface area (TPSA) is 39.1 Å². The van der Waals surface area contributed by atoms with Gasteiger partial charge in [-0.2, -0.15) is 13.2 Å². The summed E-state index contributed by atoms with van der Waals surface area (Å²) in [5, 5.41) is 1.17. The summed E-state index contributed by atoms with van der Waals surface area (Å²) in [6, 6.07) is 4.50. The quantitative estimate of drug-likeness (QED) is 0.654. The van der Waals surface area contributed by atoms with Crippen LogP contribution in [0.1, 0.15) is 54.6 Å². The molecule has 31 heavy (non-hydrogen) atoms. The molecular formula is C23H23F4NO2S. The summed E-state index contributed by atoms with van der Waals surface area (Å²) in [4.78, 5) is -0.0816. The molecule has 0 aliphatic heterocycles. The molecule has 1 aromatic heterocycles. The van der Waals surface area contributed by atoms with Gasteiger partial charge in [0.05, 0.1) is 21.9 Å². The number of fused-ring (bicyclic) bond motifs is 3. The summed E-state index contributed by atoms with van der Waals surface area (Å²) in [7, 11) is -3.75. The predicted octanol–water partition coefficient (Wildman–Crippen LogP) is 4.19. The Kier molecular flexibility index (Phi) is 5.40. The van der Waals surface area contributed by atoms with Gasteiger partial charge in [0.15, 0.2) is 9.84 Å². The molecule has 1 aromatic carbocycles. The minimum atomic E-state index is -4.43. The molecule has 0 spiro atoms. The normalized spacial score (nSPS) is 17.9. The van der Waals surface area contributed by atoms with E-state index in [0.29, 0.717) is 10.9 Å². The van der Waals surface area contributed by atoms with Crippen molar-refractivity contribution in [3.05, 3.63) is 69.1 Å². The Morgan fingerprint density at radius 2 is 1.71 bits per heavy atom. The zero-order chi connectivity index (χ0) is 22.6. The average molecular weight is 454 g/mol. The van der Waals surface area contributed by atoms with E-state index in [9.17, 15) is 26.0 Å². The molecule has 2 aliphatic rings. The number of alkyl halides is 3. The zero-order valence-corrected chi connectivity index (χ0v) is 18.1. The molecule has 0 radical (unpaired) electrons. The molecule has 0 N–H and O–H groups in total. The lowest BCUT2D eigenvalue weighted by atomic mass is 9.96. The second-order valence-corrected chi connectivity index (χ2v) is 10.2. The molecule has 166 valence electrons. The molecule has 1 atom stereocenters. The highest BCUT2D eigenvalue weighted by atomic mass is 32.2. The second kappa shape index (κ2) is 7.65. The standard InChI is InChI=1S/C23H23F4NO2S/c1-14(15-7-9-16(10-8-15)23(25,26)27)28-20-6-4-3-5-18(20)19-12-11-17(24)13-21(22(19)28)31(2,29)30/h7-10,12-14H,3-6,11H2,1-2H3/t14-/m0/s1. The summed E-state index contributed by atoms with van der Waals surface area (Å²) < 4.78 is 80.4. The van der Waals surface area contributed by atoms with Crippen LogP contribution in [0.4, 0.5) is 17.6 Å². The highest BCUT2D eigenvalue weighted by molar-refractivity contribution is 7.99. The van der Waals surface area contributed by atoms with Gasteiger partial charge in [-0.15, -0.1) is 0 Å². The lowest BCUT2D eigenvalue weighted by Crippen LogP contribution is -2.35. The Balaban J connectivity index is 2.03. The Labute approximate surface area is 178 Å². The summed E-state index contributed by atoms with van der Waals surface area (Å²) in [6.07, 6.45) is 2.85. The van der Waals surface area contributed by atoms with Crippen LogP contribution in [0.3, 0.4) is 0 Å². The van der Waals surface area contributed by atoms with Crippen LogP contribution in [0.15, 0.2) is 36.2 Å². The minimum Gasteiger partial charge on any atom is -0.336 e. The third kappa shape index (κ3) is 3.97. The van der Waals surface area contributed by atoms with Crippen LogP contribution in [-0.2, 0) is 28.9 Å². The molecule has 3 nitrogen and oxygen atoms in total. The predicted molar refractivity (Wildman–Crippen MR) is 112 cm³/mol. The molecular weight excluding hydrogens is 430 g/mol. The summed E-state index contributed by atoms with van der Waals surface area (Å²) >= 11 is 0. The molecule has 0 saturated carbocycles. The van der Waals surface area contributed by atoms with Crippen LogP contribution in [0.5, 0.6) is 0 Å². The van der Waals surface area contributed by atoms with E-state index in [4.69, 9.17) is 0 Å². The largest absolute Gasteiger partial charge is 0.416 e. The van der Waals surface area contributed by atoms with Gasteiger partial charge in [0.25, 0.3) is 0 Å². The number of benzene rings is 1. The lowest BCUT2D eigenvalue weighted by molar-refractivity contribution is -0.137. The molecule has 0 bridgehead atoms. The third-order valence-corrected chi connectivity index (χ3v) is 7.19. The fraction of sp³-hybridized carbons (Fsp3) is 0.391. The zero-order valence-electron chi connectivity index (χ0n) is 17.3. The van der Waals surface area contributed by atoms with Gasteiger partial charge in [0, 0.05) is 23.6 Å². The number of sulfone groups is 1. The highest BCUT2D eigenvalue weighted by Gasteiger charge is 2.31. The van der Waals surface area contributed by atoms with E-state index in [1.807, 2.05) is 11.5 Å². The first-order valence-electron chi connectivity index (χ1n) is 10.2. The maximum Gasteiger partial charge on any atom is 0.416 e. The number of rotatable bonds is 3. The Morgan fingerprint density at radius 3 is 2.32 bits per heavy atom. The van der Waals surface area contributed by atoms with Gasteiger partial charge in [0.2, 0.25) is 0 Å². The monoisotopic (exact) mass is 453 g/mol. The average Bonchev–Trinajstić information content (AvgIpc) is 2.91. The van der Waals surface area contributed by atoms with Crippen molar-refractivity contribution in [2.45, 2.75) is 51.2 Å². The lowest BCUT2D eigenvalue weighted by Gasteiger charge is -2.22. The summed E-state index contributed by atoms with van der Waals surface area (Å²) in [5.41, 5.74) is 1.89. The van der Waals surface area contributed by atoms with Crippen LogP contribution in [0.25, 0.3) is 11.0 Å². The molecule has 4 rings (SSSR count). The molecule has 0 fully saturated rings. The van der Waals surface area contributed by atoms with Gasteiger partial charge < -0.3 is 4.57 Å². The van der Waals surface area contributed by atoms with Crippen molar-refractivity contribution in [3.8, 4) is 0 Å². The van der Waals surface area contributed by atoms with Crippen molar-refractivity contribution in [3.63, 3.8) is 0 Å². The van der Waals surface area contributed by atoms with Crippen molar-refractivity contribution in [1.29, 1.82) is 0 Å². The smallest absolute Gasteiger partial charge is 0.336 e. The van der Waals surface area contributed by atoms with E-state index in [-0.39, 0.29) is 11.3 Å². The number of hydrogen-bond acceptors (Lipinski definition) is 2. The minimum absolute atomic E-state index is 0.0110. The molecule has 2 aliphatic carbocycles.